The molecule has 1 aromatic heterocycles. The Labute approximate surface area is 120 Å². The van der Waals surface area contributed by atoms with Crippen molar-refractivity contribution in [3.63, 3.8) is 0 Å². The van der Waals surface area contributed by atoms with Gasteiger partial charge in [-0.15, -0.1) is 0 Å². The summed E-state index contributed by atoms with van der Waals surface area (Å²) < 4.78 is 0. The molecule has 20 heavy (non-hydrogen) atoms. The third kappa shape index (κ3) is 3.07. The van der Waals surface area contributed by atoms with Crippen LogP contribution in [0.2, 0.25) is 0 Å². The van der Waals surface area contributed by atoms with Crippen LogP contribution in [0.4, 0.5) is 11.6 Å². The van der Waals surface area contributed by atoms with Crippen LogP contribution in [-0.4, -0.2) is 9.97 Å². The molecule has 106 valence electrons. The van der Waals surface area contributed by atoms with Gasteiger partial charge in [0.15, 0.2) is 0 Å². The van der Waals surface area contributed by atoms with Crippen molar-refractivity contribution in [3.05, 3.63) is 47.3 Å². The molecular formula is C16H22N4. The van der Waals surface area contributed by atoms with E-state index in [2.05, 4.69) is 60.3 Å². The first-order valence-electron chi connectivity index (χ1n) is 7.04. The van der Waals surface area contributed by atoms with Gasteiger partial charge < -0.3 is 11.1 Å². The fourth-order valence-corrected chi connectivity index (χ4v) is 2.37. The normalized spacial score (nSPS) is 10.8. The minimum absolute atomic E-state index is 0.292. The molecule has 4 heteroatoms. The number of hydrogen-bond donors (Lipinski definition) is 2. The molecule has 0 amide bonds. The van der Waals surface area contributed by atoms with Gasteiger partial charge >= 0.3 is 0 Å². The van der Waals surface area contributed by atoms with Crippen LogP contribution in [0.3, 0.4) is 0 Å². The molecule has 2 rings (SSSR count). The van der Waals surface area contributed by atoms with Crippen LogP contribution in [0.25, 0.3) is 0 Å². The summed E-state index contributed by atoms with van der Waals surface area (Å²) >= 11 is 0. The second-order valence-corrected chi connectivity index (χ2v) is 5.15. The van der Waals surface area contributed by atoms with Gasteiger partial charge in [0, 0.05) is 12.1 Å². The number of rotatable bonds is 5. The Bertz CT molecular complexity index is 578. The largest absolute Gasteiger partial charge is 0.383 e. The molecule has 0 atom stereocenters. The highest BCUT2D eigenvalue weighted by Crippen LogP contribution is 2.26. The average Bonchev–Trinajstić information content (AvgIpc) is 2.45. The van der Waals surface area contributed by atoms with Gasteiger partial charge in [-0.2, -0.15) is 0 Å². The third-order valence-corrected chi connectivity index (χ3v) is 3.44. The van der Waals surface area contributed by atoms with E-state index in [1.165, 1.54) is 17.5 Å². The van der Waals surface area contributed by atoms with Crippen LogP contribution in [0.1, 0.15) is 43.4 Å². The van der Waals surface area contributed by atoms with Crippen LogP contribution >= 0.6 is 0 Å². The highest BCUT2D eigenvalue weighted by Gasteiger charge is 2.12. The lowest BCUT2D eigenvalue weighted by Crippen LogP contribution is -2.10. The van der Waals surface area contributed by atoms with Crippen molar-refractivity contribution in [3.8, 4) is 0 Å². The van der Waals surface area contributed by atoms with Crippen LogP contribution in [0.5, 0.6) is 0 Å². The SMILES string of the molecule is CCc1ccccc1CNc1ncnc(N)c1C(C)C. The van der Waals surface area contributed by atoms with Crippen molar-refractivity contribution >= 4 is 11.6 Å². The van der Waals surface area contributed by atoms with Crippen molar-refractivity contribution < 1.29 is 0 Å². The Morgan fingerprint density at radius 1 is 1.15 bits per heavy atom. The molecule has 1 aromatic carbocycles. The monoisotopic (exact) mass is 270 g/mol. The van der Waals surface area contributed by atoms with Crippen LogP contribution in [-0.2, 0) is 13.0 Å². The molecule has 3 N–H and O–H groups in total. The Morgan fingerprint density at radius 2 is 1.85 bits per heavy atom. The zero-order valence-electron chi connectivity index (χ0n) is 12.4. The lowest BCUT2D eigenvalue weighted by atomic mass is 10.0. The zero-order chi connectivity index (χ0) is 14.5. The van der Waals surface area contributed by atoms with Gasteiger partial charge in [0.1, 0.15) is 18.0 Å². The van der Waals surface area contributed by atoms with Gasteiger partial charge in [0.05, 0.1) is 0 Å². The predicted molar refractivity (Wildman–Crippen MR) is 83.7 cm³/mol. The van der Waals surface area contributed by atoms with E-state index in [1.54, 1.807) is 0 Å². The Balaban J connectivity index is 2.21. The molecule has 0 radical (unpaired) electrons. The van der Waals surface area contributed by atoms with Crippen molar-refractivity contribution in [2.45, 2.75) is 39.7 Å². The predicted octanol–water partition coefficient (Wildman–Crippen LogP) is 3.36. The van der Waals surface area contributed by atoms with E-state index >= 15 is 0 Å². The average molecular weight is 270 g/mol. The lowest BCUT2D eigenvalue weighted by Gasteiger charge is -2.16. The smallest absolute Gasteiger partial charge is 0.135 e. The number of nitrogen functional groups attached to an aromatic ring is 1. The summed E-state index contributed by atoms with van der Waals surface area (Å²) in [6.07, 6.45) is 2.54. The second kappa shape index (κ2) is 6.37. The van der Waals surface area contributed by atoms with Crippen LogP contribution < -0.4 is 11.1 Å². The molecule has 2 aromatic rings. The van der Waals surface area contributed by atoms with Crippen molar-refractivity contribution in [2.75, 3.05) is 11.1 Å². The van der Waals surface area contributed by atoms with E-state index in [4.69, 9.17) is 5.73 Å². The number of nitrogens with two attached hydrogens (primary N) is 1. The van der Waals surface area contributed by atoms with Gasteiger partial charge in [0.25, 0.3) is 0 Å². The quantitative estimate of drug-likeness (QED) is 0.874. The van der Waals surface area contributed by atoms with E-state index in [0.717, 1.165) is 24.3 Å². The molecule has 0 fully saturated rings. The molecule has 0 spiro atoms. The fraction of sp³-hybridized carbons (Fsp3) is 0.375. The maximum Gasteiger partial charge on any atom is 0.135 e. The first-order chi connectivity index (χ1) is 9.63. The molecule has 0 aliphatic carbocycles. The number of anilines is 2. The third-order valence-electron chi connectivity index (χ3n) is 3.44. The van der Waals surface area contributed by atoms with E-state index < -0.39 is 0 Å². The van der Waals surface area contributed by atoms with E-state index in [9.17, 15) is 0 Å². The number of aryl methyl sites for hydroxylation is 1. The van der Waals surface area contributed by atoms with Crippen molar-refractivity contribution in [1.82, 2.24) is 9.97 Å². The lowest BCUT2D eigenvalue weighted by molar-refractivity contribution is 0.848. The first kappa shape index (κ1) is 14.3. The van der Waals surface area contributed by atoms with Crippen LogP contribution in [0.15, 0.2) is 30.6 Å². The summed E-state index contributed by atoms with van der Waals surface area (Å²) in [4.78, 5) is 8.41. The van der Waals surface area contributed by atoms with Crippen molar-refractivity contribution in [1.29, 1.82) is 0 Å². The van der Waals surface area contributed by atoms with Gasteiger partial charge in [-0.25, -0.2) is 9.97 Å². The Kier molecular flexibility index (Phi) is 4.56. The van der Waals surface area contributed by atoms with Gasteiger partial charge in [-0.05, 0) is 23.5 Å². The Hall–Kier alpha value is -2.10. The molecule has 0 aliphatic heterocycles. The van der Waals surface area contributed by atoms with Crippen LogP contribution in [0, 0.1) is 0 Å². The summed E-state index contributed by atoms with van der Waals surface area (Å²) in [6, 6.07) is 8.44. The molecule has 0 unspecified atom stereocenters. The van der Waals surface area contributed by atoms with E-state index in [0.29, 0.717) is 11.7 Å². The number of nitrogens with one attached hydrogen (secondary N) is 1. The number of hydrogen-bond acceptors (Lipinski definition) is 4. The Morgan fingerprint density at radius 3 is 2.50 bits per heavy atom. The number of aromatic nitrogens is 2. The van der Waals surface area contributed by atoms with E-state index in [-0.39, 0.29) is 0 Å². The highest BCUT2D eigenvalue weighted by atomic mass is 15.0. The maximum atomic E-state index is 5.96. The van der Waals surface area contributed by atoms with Gasteiger partial charge in [-0.1, -0.05) is 45.0 Å². The summed E-state index contributed by atoms with van der Waals surface area (Å²) in [7, 11) is 0. The minimum atomic E-state index is 0.292. The second-order valence-electron chi connectivity index (χ2n) is 5.15. The minimum Gasteiger partial charge on any atom is -0.383 e. The number of benzene rings is 1. The molecular weight excluding hydrogens is 248 g/mol. The topological polar surface area (TPSA) is 63.8 Å². The molecule has 0 saturated heterocycles. The molecule has 0 bridgehead atoms. The summed E-state index contributed by atoms with van der Waals surface area (Å²) in [5.74, 6) is 1.68. The first-order valence-corrected chi connectivity index (χ1v) is 7.04. The van der Waals surface area contributed by atoms with Gasteiger partial charge in [0.2, 0.25) is 0 Å². The summed E-state index contributed by atoms with van der Waals surface area (Å²) in [6.45, 7) is 7.11. The molecule has 0 aliphatic rings. The van der Waals surface area contributed by atoms with Crippen molar-refractivity contribution in [2.24, 2.45) is 0 Å². The summed E-state index contributed by atoms with van der Waals surface area (Å²) in [5, 5.41) is 3.40. The number of nitrogens with zero attached hydrogens (tertiary/aromatic N) is 2. The standard InChI is InChI=1S/C16H22N4/c1-4-12-7-5-6-8-13(12)9-18-16-14(11(2)3)15(17)19-10-20-16/h5-8,10-11H,4,9H2,1-3H3,(H3,17,18,19,20). The van der Waals surface area contributed by atoms with E-state index in [1.807, 2.05) is 0 Å². The molecule has 0 saturated carbocycles. The maximum absolute atomic E-state index is 5.96. The highest BCUT2D eigenvalue weighted by molar-refractivity contribution is 5.56. The summed E-state index contributed by atoms with van der Waals surface area (Å²) in [5.41, 5.74) is 9.59. The fourth-order valence-electron chi connectivity index (χ4n) is 2.37. The van der Waals surface area contributed by atoms with Gasteiger partial charge in [-0.3, -0.25) is 0 Å². The molecule has 4 nitrogen and oxygen atoms in total. The molecule has 1 heterocycles. The zero-order valence-corrected chi connectivity index (χ0v) is 12.4.